The molecule has 0 fully saturated rings. The van der Waals surface area contributed by atoms with Gasteiger partial charge in [-0.3, -0.25) is 0 Å². The second-order valence-corrected chi connectivity index (χ2v) is 15.4. The van der Waals surface area contributed by atoms with Gasteiger partial charge in [0.15, 0.2) is 0 Å². The van der Waals surface area contributed by atoms with Crippen LogP contribution in [0, 0.1) is 5.92 Å². The van der Waals surface area contributed by atoms with Gasteiger partial charge in [-0.15, -0.1) is 0 Å². The van der Waals surface area contributed by atoms with Crippen molar-refractivity contribution in [2.75, 3.05) is 7.05 Å². The fraction of sp³-hybridized carbons (Fsp3) is 0.911. The molecule has 0 amide bonds. The van der Waals surface area contributed by atoms with E-state index in [0.29, 0.717) is 6.04 Å². The molecule has 47 heavy (non-hydrogen) atoms. The summed E-state index contributed by atoms with van der Waals surface area (Å²) in [5, 5.41) is 2.48. The van der Waals surface area contributed by atoms with Gasteiger partial charge in [-0.05, 0) is 50.9 Å². The van der Waals surface area contributed by atoms with Gasteiger partial charge in [-0.2, -0.15) is 0 Å². The summed E-state index contributed by atoms with van der Waals surface area (Å²) in [6, 6.07) is 0.600. The number of nitrogens with one attached hydrogen (secondary N) is 1. The van der Waals surface area contributed by atoms with E-state index in [2.05, 4.69) is 58.3 Å². The molecule has 0 spiro atoms. The van der Waals surface area contributed by atoms with Crippen molar-refractivity contribution in [3.05, 3.63) is 24.4 Å². The summed E-state index contributed by atoms with van der Waals surface area (Å²) in [6.07, 6.45) is 46.6. The van der Waals surface area contributed by atoms with Crippen molar-refractivity contribution in [1.82, 2.24) is 10.4 Å². The maximum atomic E-state index is 4.57. The molecule has 1 N–H and O–H groups in total. The number of rotatable bonds is 39. The predicted octanol–water partition coefficient (Wildman–Crippen LogP) is 15.8. The standard InChI is InChI=1S/C45H90N2/c1-8-12-16-20-22-27-33-39-45(47(46-7)43(6)36-30-26-21-17-13-9-2)40-34-28-24-23-25-29-35-42(5)41-44(37-31-18-14-10-3)38-32-19-15-11-4/h44-46H,5-6,8-41H2,1-4,7H3. The Labute approximate surface area is 299 Å². The summed E-state index contributed by atoms with van der Waals surface area (Å²) < 4.78 is 0. The summed E-state index contributed by atoms with van der Waals surface area (Å²) >= 11 is 0. The molecule has 0 heterocycles. The first-order chi connectivity index (χ1) is 23.0. The van der Waals surface area contributed by atoms with Crippen molar-refractivity contribution in [2.45, 2.75) is 252 Å². The topological polar surface area (TPSA) is 15.3 Å². The summed E-state index contributed by atoms with van der Waals surface area (Å²) in [4.78, 5) is 0. The Morgan fingerprint density at radius 3 is 1.21 bits per heavy atom. The van der Waals surface area contributed by atoms with Gasteiger partial charge in [-0.25, -0.2) is 5.43 Å². The first kappa shape index (κ1) is 46.2. The average molecular weight is 659 g/mol. The largest absolute Gasteiger partial charge is 0.310 e. The average Bonchev–Trinajstić information content (AvgIpc) is 3.07. The number of hydrogen-bond acceptors (Lipinski definition) is 2. The van der Waals surface area contributed by atoms with E-state index in [1.54, 1.807) is 5.57 Å². The normalized spacial score (nSPS) is 12.2. The van der Waals surface area contributed by atoms with Crippen LogP contribution in [0.15, 0.2) is 24.4 Å². The molecule has 0 radical (unpaired) electrons. The third kappa shape index (κ3) is 29.8. The predicted molar refractivity (Wildman–Crippen MR) is 216 cm³/mol. The third-order valence-corrected chi connectivity index (χ3v) is 10.7. The monoisotopic (exact) mass is 659 g/mol. The van der Waals surface area contributed by atoms with E-state index in [9.17, 15) is 0 Å². The van der Waals surface area contributed by atoms with E-state index in [-0.39, 0.29) is 0 Å². The molecule has 0 bridgehead atoms. The Bertz CT molecular complexity index is 642. The highest BCUT2D eigenvalue weighted by Gasteiger charge is 2.18. The highest BCUT2D eigenvalue weighted by Crippen LogP contribution is 2.27. The third-order valence-electron chi connectivity index (χ3n) is 10.7. The van der Waals surface area contributed by atoms with Crippen LogP contribution in [0.5, 0.6) is 0 Å². The summed E-state index contributed by atoms with van der Waals surface area (Å²) in [5.41, 5.74) is 6.45. The zero-order chi connectivity index (χ0) is 34.6. The minimum Gasteiger partial charge on any atom is -0.310 e. The zero-order valence-corrected chi connectivity index (χ0v) is 33.6. The van der Waals surface area contributed by atoms with Gasteiger partial charge in [-0.1, -0.05) is 220 Å². The van der Waals surface area contributed by atoms with E-state index in [1.807, 2.05) is 0 Å². The Balaban J connectivity index is 4.50. The van der Waals surface area contributed by atoms with E-state index in [1.165, 1.54) is 218 Å². The summed E-state index contributed by atoms with van der Waals surface area (Å²) in [7, 11) is 2.12. The smallest absolute Gasteiger partial charge is 0.0451 e. The van der Waals surface area contributed by atoms with Crippen LogP contribution in [0.4, 0.5) is 0 Å². The molecule has 0 aliphatic heterocycles. The first-order valence-corrected chi connectivity index (χ1v) is 21.8. The molecule has 2 nitrogen and oxygen atoms in total. The van der Waals surface area contributed by atoms with Gasteiger partial charge < -0.3 is 5.01 Å². The van der Waals surface area contributed by atoms with Crippen LogP contribution >= 0.6 is 0 Å². The molecular weight excluding hydrogens is 569 g/mol. The Morgan fingerprint density at radius 2 is 0.787 bits per heavy atom. The molecule has 0 aromatic rings. The number of nitrogens with zero attached hydrogens (tertiary/aromatic N) is 1. The van der Waals surface area contributed by atoms with Crippen molar-refractivity contribution in [3.63, 3.8) is 0 Å². The Hall–Kier alpha value is -0.760. The first-order valence-electron chi connectivity index (χ1n) is 21.8. The van der Waals surface area contributed by atoms with Crippen molar-refractivity contribution in [1.29, 1.82) is 0 Å². The van der Waals surface area contributed by atoms with Crippen LogP contribution in [0.3, 0.4) is 0 Å². The van der Waals surface area contributed by atoms with E-state index >= 15 is 0 Å². The van der Waals surface area contributed by atoms with E-state index in [0.717, 1.165) is 12.3 Å². The minimum absolute atomic E-state index is 0.600. The molecule has 1 unspecified atom stereocenters. The summed E-state index contributed by atoms with van der Waals surface area (Å²) in [5.74, 6) is 0.893. The Morgan fingerprint density at radius 1 is 0.447 bits per heavy atom. The van der Waals surface area contributed by atoms with Gasteiger partial charge in [0.05, 0.1) is 0 Å². The fourth-order valence-electron chi connectivity index (χ4n) is 7.61. The molecule has 280 valence electrons. The lowest BCUT2D eigenvalue weighted by Crippen LogP contribution is -2.42. The fourth-order valence-corrected chi connectivity index (χ4v) is 7.61. The minimum atomic E-state index is 0.600. The van der Waals surface area contributed by atoms with E-state index in [4.69, 9.17) is 0 Å². The Kier molecular flexibility index (Phi) is 35.9. The highest BCUT2D eigenvalue weighted by atomic mass is 15.5. The quantitative estimate of drug-likeness (QED) is 0.0402. The summed E-state index contributed by atoms with van der Waals surface area (Å²) in [6.45, 7) is 18.4. The number of hydrogen-bond donors (Lipinski definition) is 1. The molecule has 0 saturated carbocycles. The van der Waals surface area contributed by atoms with Crippen LogP contribution in [0.2, 0.25) is 0 Å². The lowest BCUT2D eigenvalue weighted by Gasteiger charge is -2.35. The van der Waals surface area contributed by atoms with Crippen LogP contribution < -0.4 is 5.43 Å². The highest BCUT2D eigenvalue weighted by molar-refractivity contribution is 4.96. The molecular formula is C45H90N2. The lowest BCUT2D eigenvalue weighted by atomic mass is 9.87. The molecule has 1 atom stereocenters. The van der Waals surface area contributed by atoms with Crippen molar-refractivity contribution >= 4 is 0 Å². The van der Waals surface area contributed by atoms with Gasteiger partial charge in [0.25, 0.3) is 0 Å². The number of hydrazine groups is 1. The molecule has 0 aliphatic rings. The zero-order valence-electron chi connectivity index (χ0n) is 33.6. The molecule has 0 aromatic heterocycles. The number of allylic oxidation sites excluding steroid dienone is 2. The van der Waals surface area contributed by atoms with Gasteiger partial charge in [0.1, 0.15) is 0 Å². The molecule has 0 saturated heterocycles. The second-order valence-electron chi connectivity index (χ2n) is 15.4. The maximum Gasteiger partial charge on any atom is 0.0451 e. The van der Waals surface area contributed by atoms with Crippen molar-refractivity contribution in [2.24, 2.45) is 5.92 Å². The van der Waals surface area contributed by atoms with Crippen molar-refractivity contribution in [3.8, 4) is 0 Å². The lowest BCUT2D eigenvalue weighted by molar-refractivity contribution is 0.160. The van der Waals surface area contributed by atoms with Gasteiger partial charge in [0.2, 0.25) is 0 Å². The molecule has 2 heteroatoms. The number of unbranched alkanes of at least 4 members (excludes halogenated alkanes) is 22. The maximum absolute atomic E-state index is 4.57. The van der Waals surface area contributed by atoms with Crippen LogP contribution in [0.1, 0.15) is 246 Å². The van der Waals surface area contributed by atoms with Crippen LogP contribution in [0.25, 0.3) is 0 Å². The molecule has 0 aliphatic carbocycles. The van der Waals surface area contributed by atoms with Gasteiger partial charge in [0, 0.05) is 18.8 Å². The second kappa shape index (κ2) is 36.5. The van der Waals surface area contributed by atoms with Crippen molar-refractivity contribution < 1.29 is 0 Å². The van der Waals surface area contributed by atoms with Crippen LogP contribution in [-0.2, 0) is 0 Å². The van der Waals surface area contributed by atoms with Gasteiger partial charge >= 0.3 is 0 Å². The van der Waals surface area contributed by atoms with E-state index < -0.39 is 0 Å². The molecule has 0 aromatic carbocycles. The van der Waals surface area contributed by atoms with Crippen LogP contribution in [-0.4, -0.2) is 18.1 Å². The molecule has 0 rings (SSSR count). The SMILES string of the molecule is C=C(CCCCCCCCC(CCCCCCCCC)N(NC)C(=C)CCCCCCCC)CC(CCCCCC)CCCCCC.